The maximum atomic E-state index is 3.62. The van der Waals surface area contributed by atoms with Gasteiger partial charge in [-0.15, -0.1) is 0 Å². The molecule has 3 unspecified atom stereocenters. The van der Waals surface area contributed by atoms with E-state index in [1.54, 1.807) is 0 Å². The fraction of sp³-hybridized carbons (Fsp3) is 0.600. The van der Waals surface area contributed by atoms with Gasteiger partial charge in [-0.1, -0.05) is 55.8 Å². The van der Waals surface area contributed by atoms with Gasteiger partial charge in [0.25, 0.3) is 0 Å². The summed E-state index contributed by atoms with van der Waals surface area (Å²) in [5.74, 6) is 1.38. The second kappa shape index (κ2) is 4.74. The molecule has 1 aromatic carbocycles. The van der Waals surface area contributed by atoms with Gasteiger partial charge < -0.3 is 5.32 Å². The highest BCUT2D eigenvalue weighted by atomic mass is 79.9. The fourth-order valence-corrected chi connectivity index (χ4v) is 3.96. The zero-order valence-corrected chi connectivity index (χ0v) is 12.7. The first-order chi connectivity index (χ1) is 7.98. The third-order valence-electron chi connectivity index (χ3n) is 4.31. The van der Waals surface area contributed by atoms with Crippen LogP contribution in [0.15, 0.2) is 28.7 Å². The lowest BCUT2D eigenvalue weighted by atomic mass is 9.50. The number of rotatable bonds is 3. The van der Waals surface area contributed by atoms with Crippen LogP contribution in [0.3, 0.4) is 0 Å². The van der Waals surface area contributed by atoms with Crippen LogP contribution in [0.2, 0.25) is 0 Å². The Bertz CT molecular complexity index is 382. The van der Waals surface area contributed by atoms with Crippen molar-refractivity contribution in [3.05, 3.63) is 34.3 Å². The molecule has 0 saturated heterocycles. The van der Waals surface area contributed by atoms with Gasteiger partial charge in [-0.2, -0.15) is 0 Å². The molecule has 2 rings (SSSR count). The second-order valence-corrected chi connectivity index (χ2v) is 6.66. The van der Waals surface area contributed by atoms with Crippen LogP contribution in [0.1, 0.15) is 39.2 Å². The third kappa shape index (κ3) is 2.17. The highest BCUT2D eigenvalue weighted by Crippen LogP contribution is 2.56. The van der Waals surface area contributed by atoms with Crippen molar-refractivity contribution in [3.8, 4) is 0 Å². The molecular weight excluding hydrogens is 274 g/mol. The van der Waals surface area contributed by atoms with Crippen LogP contribution < -0.4 is 5.32 Å². The molecule has 0 bridgehead atoms. The lowest BCUT2D eigenvalue weighted by molar-refractivity contribution is 0.00144. The topological polar surface area (TPSA) is 12.0 Å². The first-order valence-corrected chi connectivity index (χ1v) is 7.26. The van der Waals surface area contributed by atoms with Crippen LogP contribution >= 0.6 is 15.9 Å². The van der Waals surface area contributed by atoms with E-state index in [-0.39, 0.29) is 0 Å². The van der Waals surface area contributed by atoms with Crippen molar-refractivity contribution in [2.75, 3.05) is 6.54 Å². The molecule has 0 radical (unpaired) electrons. The first-order valence-electron chi connectivity index (χ1n) is 6.47. The Morgan fingerprint density at radius 2 is 1.82 bits per heavy atom. The van der Waals surface area contributed by atoms with Crippen molar-refractivity contribution in [1.82, 2.24) is 5.32 Å². The summed E-state index contributed by atoms with van der Waals surface area (Å²) in [6.45, 7) is 10.4. The normalized spacial score (nSPS) is 31.0. The zero-order valence-electron chi connectivity index (χ0n) is 11.1. The Kier molecular flexibility index (Phi) is 3.65. The minimum absolute atomic E-state index is 0.350. The van der Waals surface area contributed by atoms with Crippen LogP contribution in [0.5, 0.6) is 0 Å². The van der Waals surface area contributed by atoms with Gasteiger partial charge in [0.15, 0.2) is 0 Å². The standard InChI is InChI=1S/C15H22BrN/c1-5-17-14-10(2)13(15(14,3)4)11-6-8-12(16)9-7-11/h6-10,13-14,17H,5H2,1-4H3. The van der Waals surface area contributed by atoms with E-state index in [1.807, 2.05) is 0 Å². The van der Waals surface area contributed by atoms with Crippen LogP contribution in [-0.4, -0.2) is 12.6 Å². The van der Waals surface area contributed by atoms with Gasteiger partial charge in [0.1, 0.15) is 0 Å². The summed E-state index contributed by atoms with van der Waals surface area (Å²) in [6, 6.07) is 9.46. The molecule has 0 heterocycles. The van der Waals surface area contributed by atoms with E-state index in [9.17, 15) is 0 Å². The molecule has 1 N–H and O–H groups in total. The third-order valence-corrected chi connectivity index (χ3v) is 4.84. The molecule has 17 heavy (non-hydrogen) atoms. The average molecular weight is 296 g/mol. The Morgan fingerprint density at radius 3 is 2.29 bits per heavy atom. The van der Waals surface area contributed by atoms with Gasteiger partial charge in [-0.05, 0) is 41.5 Å². The molecule has 0 amide bonds. The Balaban J connectivity index is 2.21. The zero-order chi connectivity index (χ0) is 12.6. The molecule has 1 fully saturated rings. The van der Waals surface area contributed by atoms with E-state index in [2.05, 4.69) is 73.2 Å². The van der Waals surface area contributed by atoms with E-state index in [0.717, 1.165) is 11.0 Å². The molecule has 3 atom stereocenters. The summed E-state index contributed by atoms with van der Waals surface area (Å²) < 4.78 is 1.16. The van der Waals surface area contributed by atoms with Crippen molar-refractivity contribution in [2.24, 2.45) is 11.3 Å². The number of nitrogens with one attached hydrogen (secondary N) is 1. The highest BCUT2D eigenvalue weighted by Gasteiger charge is 2.53. The Labute approximate surface area is 113 Å². The summed E-state index contributed by atoms with van der Waals surface area (Å²) in [4.78, 5) is 0. The molecule has 0 spiro atoms. The van der Waals surface area contributed by atoms with Crippen molar-refractivity contribution >= 4 is 15.9 Å². The van der Waals surface area contributed by atoms with E-state index in [0.29, 0.717) is 23.3 Å². The van der Waals surface area contributed by atoms with E-state index < -0.39 is 0 Å². The number of benzene rings is 1. The maximum absolute atomic E-state index is 3.62. The van der Waals surface area contributed by atoms with E-state index in [4.69, 9.17) is 0 Å². The largest absolute Gasteiger partial charge is 0.313 e. The predicted octanol–water partition coefficient (Wildman–Crippen LogP) is 4.19. The van der Waals surface area contributed by atoms with Crippen molar-refractivity contribution < 1.29 is 0 Å². The molecule has 0 aliphatic heterocycles. The lowest BCUT2D eigenvalue weighted by Gasteiger charge is -2.58. The molecule has 1 aliphatic rings. The van der Waals surface area contributed by atoms with Gasteiger partial charge in [0.05, 0.1) is 0 Å². The van der Waals surface area contributed by atoms with Crippen molar-refractivity contribution in [1.29, 1.82) is 0 Å². The Morgan fingerprint density at radius 1 is 1.24 bits per heavy atom. The molecule has 94 valence electrons. The molecule has 1 aliphatic carbocycles. The molecular formula is C15H22BrN. The molecule has 1 saturated carbocycles. The van der Waals surface area contributed by atoms with E-state index in [1.165, 1.54) is 5.56 Å². The smallest absolute Gasteiger partial charge is 0.0175 e. The lowest BCUT2D eigenvalue weighted by Crippen LogP contribution is -2.61. The number of hydrogen-bond acceptors (Lipinski definition) is 1. The first kappa shape index (κ1) is 13.1. The fourth-order valence-electron chi connectivity index (χ4n) is 3.69. The second-order valence-electron chi connectivity index (χ2n) is 5.75. The number of hydrogen-bond donors (Lipinski definition) is 1. The van der Waals surface area contributed by atoms with Gasteiger partial charge in [-0.3, -0.25) is 0 Å². The van der Waals surface area contributed by atoms with Gasteiger partial charge in [0, 0.05) is 10.5 Å². The van der Waals surface area contributed by atoms with Crippen LogP contribution in [-0.2, 0) is 0 Å². The summed E-state index contributed by atoms with van der Waals surface area (Å²) in [5.41, 5.74) is 1.82. The van der Waals surface area contributed by atoms with Crippen LogP contribution in [0, 0.1) is 11.3 Å². The summed E-state index contributed by atoms with van der Waals surface area (Å²) in [7, 11) is 0. The quantitative estimate of drug-likeness (QED) is 0.882. The molecule has 1 aromatic rings. The average Bonchev–Trinajstić information content (AvgIpc) is 2.28. The molecule has 2 heteroatoms. The number of halogens is 1. The van der Waals surface area contributed by atoms with Gasteiger partial charge >= 0.3 is 0 Å². The minimum atomic E-state index is 0.350. The maximum Gasteiger partial charge on any atom is 0.0175 e. The van der Waals surface area contributed by atoms with Crippen molar-refractivity contribution in [3.63, 3.8) is 0 Å². The summed E-state index contributed by atoms with van der Waals surface area (Å²) in [6.07, 6.45) is 0. The van der Waals surface area contributed by atoms with Gasteiger partial charge in [-0.25, -0.2) is 0 Å². The summed E-state index contributed by atoms with van der Waals surface area (Å²) >= 11 is 3.50. The van der Waals surface area contributed by atoms with E-state index >= 15 is 0 Å². The SMILES string of the molecule is CCNC1C(C)C(c2ccc(Br)cc2)C1(C)C. The van der Waals surface area contributed by atoms with Crippen LogP contribution in [0.4, 0.5) is 0 Å². The minimum Gasteiger partial charge on any atom is -0.313 e. The summed E-state index contributed by atoms with van der Waals surface area (Å²) in [5, 5.41) is 3.62. The monoisotopic (exact) mass is 295 g/mol. The van der Waals surface area contributed by atoms with Gasteiger partial charge in [0.2, 0.25) is 0 Å². The van der Waals surface area contributed by atoms with Crippen molar-refractivity contribution in [2.45, 2.75) is 39.7 Å². The molecule has 1 nitrogen and oxygen atoms in total. The predicted molar refractivity (Wildman–Crippen MR) is 77.3 cm³/mol. The Hall–Kier alpha value is -0.340. The molecule has 0 aromatic heterocycles. The highest BCUT2D eigenvalue weighted by molar-refractivity contribution is 9.10. The van der Waals surface area contributed by atoms with Crippen LogP contribution in [0.25, 0.3) is 0 Å².